The van der Waals surface area contributed by atoms with Gasteiger partial charge >= 0.3 is 6.18 Å². The minimum absolute atomic E-state index is 0.0713. The molecule has 6 heteroatoms. The molecule has 0 aromatic carbocycles. The fraction of sp³-hybridized carbons (Fsp3) is 1.00. The molecule has 0 bridgehead atoms. The molecule has 86 valence electrons. The van der Waals surface area contributed by atoms with E-state index < -0.39 is 18.6 Å². The van der Waals surface area contributed by atoms with E-state index in [-0.39, 0.29) is 13.2 Å². The van der Waals surface area contributed by atoms with Crippen LogP contribution < -0.4 is 5.32 Å². The van der Waals surface area contributed by atoms with Gasteiger partial charge in [-0.05, 0) is 6.92 Å². The number of hydrogen-bond donors (Lipinski definition) is 2. The van der Waals surface area contributed by atoms with Gasteiger partial charge in [0, 0.05) is 12.6 Å². The molecule has 0 heterocycles. The predicted octanol–water partition coefficient (Wildman–Crippen LogP) is 0.926. The number of aliphatic hydroxyl groups is 1. The molecule has 0 amide bonds. The van der Waals surface area contributed by atoms with Crippen molar-refractivity contribution in [2.24, 2.45) is 0 Å². The third-order valence-electron chi connectivity index (χ3n) is 1.51. The zero-order chi connectivity index (χ0) is 11.0. The minimum atomic E-state index is -4.13. The van der Waals surface area contributed by atoms with Crippen LogP contribution in [0, 0.1) is 0 Å². The molecule has 0 aliphatic heterocycles. The van der Waals surface area contributed by atoms with Gasteiger partial charge < -0.3 is 15.2 Å². The van der Waals surface area contributed by atoms with E-state index in [1.807, 2.05) is 0 Å². The average Bonchev–Trinajstić information content (AvgIpc) is 2.00. The molecule has 0 rings (SSSR count). The quantitative estimate of drug-likeness (QED) is 0.621. The van der Waals surface area contributed by atoms with Crippen LogP contribution in [0.15, 0.2) is 0 Å². The second-order valence-corrected chi connectivity index (χ2v) is 3.01. The molecular formula is C8H16F3NO2. The van der Waals surface area contributed by atoms with Crippen molar-refractivity contribution in [1.29, 1.82) is 0 Å². The van der Waals surface area contributed by atoms with Crippen molar-refractivity contribution in [3.8, 4) is 0 Å². The van der Waals surface area contributed by atoms with Crippen molar-refractivity contribution in [2.75, 3.05) is 26.4 Å². The normalized spacial score (nSPS) is 14.4. The molecule has 0 saturated heterocycles. The summed E-state index contributed by atoms with van der Waals surface area (Å²) in [5, 5.41) is 11.0. The Morgan fingerprint density at radius 1 is 1.36 bits per heavy atom. The minimum Gasteiger partial charge on any atom is -0.394 e. The number of hydrogen-bond acceptors (Lipinski definition) is 3. The van der Waals surface area contributed by atoms with Gasteiger partial charge in [-0.1, -0.05) is 0 Å². The maximum Gasteiger partial charge on any atom is 0.390 e. The lowest BCUT2D eigenvalue weighted by atomic mass is 10.2. The van der Waals surface area contributed by atoms with E-state index in [0.29, 0.717) is 13.2 Å². The van der Waals surface area contributed by atoms with Crippen LogP contribution in [0.2, 0.25) is 0 Å². The SMILES string of the molecule is CC(CC(F)(F)F)NCCOCCO. The van der Waals surface area contributed by atoms with E-state index >= 15 is 0 Å². The van der Waals surface area contributed by atoms with Crippen LogP contribution in [-0.4, -0.2) is 43.7 Å². The molecule has 0 aromatic heterocycles. The molecule has 0 aromatic rings. The van der Waals surface area contributed by atoms with Gasteiger partial charge in [0.2, 0.25) is 0 Å². The highest BCUT2D eigenvalue weighted by atomic mass is 19.4. The summed E-state index contributed by atoms with van der Waals surface area (Å²) in [6.45, 7) is 2.28. The molecule has 0 radical (unpaired) electrons. The summed E-state index contributed by atoms with van der Waals surface area (Å²) >= 11 is 0. The van der Waals surface area contributed by atoms with Crippen molar-refractivity contribution in [3.05, 3.63) is 0 Å². The molecule has 0 fully saturated rings. The Kier molecular flexibility index (Phi) is 6.86. The van der Waals surface area contributed by atoms with Gasteiger partial charge in [0.05, 0.1) is 26.2 Å². The van der Waals surface area contributed by atoms with Crippen molar-refractivity contribution in [3.63, 3.8) is 0 Å². The fourth-order valence-electron chi connectivity index (χ4n) is 0.963. The maximum atomic E-state index is 11.8. The van der Waals surface area contributed by atoms with Crippen LogP contribution >= 0.6 is 0 Å². The van der Waals surface area contributed by atoms with Gasteiger partial charge in [-0.15, -0.1) is 0 Å². The van der Waals surface area contributed by atoms with Gasteiger partial charge in [-0.25, -0.2) is 0 Å². The standard InChI is InChI=1S/C8H16F3NO2/c1-7(6-8(9,10)11)12-2-4-14-5-3-13/h7,12-13H,2-6H2,1H3. The predicted molar refractivity (Wildman–Crippen MR) is 46.0 cm³/mol. The van der Waals surface area contributed by atoms with Crippen LogP contribution in [0.1, 0.15) is 13.3 Å². The van der Waals surface area contributed by atoms with Crippen molar-refractivity contribution in [1.82, 2.24) is 5.32 Å². The summed E-state index contributed by atoms with van der Waals surface area (Å²) in [7, 11) is 0. The molecule has 0 spiro atoms. The Morgan fingerprint density at radius 2 is 2.00 bits per heavy atom. The van der Waals surface area contributed by atoms with E-state index in [0.717, 1.165) is 0 Å². The largest absolute Gasteiger partial charge is 0.394 e. The summed E-state index contributed by atoms with van der Waals surface area (Å²) in [6, 6.07) is -0.604. The molecule has 1 unspecified atom stereocenters. The molecule has 14 heavy (non-hydrogen) atoms. The molecule has 0 saturated carbocycles. The summed E-state index contributed by atoms with van der Waals surface area (Å²) in [5.74, 6) is 0. The van der Waals surface area contributed by atoms with Crippen LogP contribution in [0.4, 0.5) is 13.2 Å². The summed E-state index contributed by atoms with van der Waals surface area (Å²) in [4.78, 5) is 0. The first kappa shape index (κ1) is 13.7. The number of rotatable bonds is 7. The Bertz CT molecular complexity index is 141. The lowest BCUT2D eigenvalue weighted by Crippen LogP contribution is -2.33. The van der Waals surface area contributed by atoms with Crippen molar-refractivity contribution in [2.45, 2.75) is 25.6 Å². The molecule has 0 aliphatic rings. The number of ether oxygens (including phenoxy) is 1. The Balaban J connectivity index is 3.31. The first-order chi connectivity index (χ1) is 6.45. The fourth-order valence-corrected chi connectivity index (χ4v) is 0.963. The highest BCUT2D eigenvalue weighted by Crippen LogP contribution is 2.20. The van der Waals surface area contributed by atoms with Gasteiger partial charge in [-0.2, -0.15) is 13.2 Å². The smallest absolute Gasteiger partial charge is 0.390 e. The summed E-state index contributed by atoms with van der Waals surface area (Å²) in [5.41, 5.74) is 0. The average molecular weight is 215 g/mol. The zero-order valence-corrected chi connectivity index (χ0v) is 8.10. The van der Waals surface area contributed by atoms with E-state index in [1.165, 1.54) is 6.92 Å². The van der Waals surface area contributed by atoms with Crippen molar-refractivity contribution < 1.29 is 23.0 Å². The first-order valence-electron chi connectivity index (χ1n) is 4.44. The summed E-state index contributed by atoms with van der Waals surface area (Å²) in [6.07, 6.45) is -4.97. The topological polar surface area (TPSA) is 41.5 Å². The van der Waals surface area contributed by atoms with Crippen LogP contribution in [0.25, 0.3) is 0 Å². The highest BCUT2D eigenvalue weighted by molar-refractivity contribution is 4.65. The number of halogens is 3. The molecule has 0 aliphatic carbocycles. The zero-order valence-electron chi connectivity index (χ0n) is 8.10. The van der Waals surface area contributed by atoms with Crippen molar-refractivity contribution >= 4 is 0 Å². The van der Waals surface area contributed by atoms with Gasteiger partial charge in [0.25, 0.3) is 0 Å². The van der Waals surface area contributed by atoms with Gasteiger partial charge in [-0.3, -0.25) is 0 Å². The molecule has 3 nitrogen and oxygen atoms in total. The third-order valence-corrected chi connectivity index (χ3v) is 1.51. The summed E-state index contributed by atoms with van der Waals surface area (Å²) < 4.78 is 40.4. The highest BCUT2D eigenvalue weighted by Gasteiger charge is 2.29. The lowest BCUT2D eigenvalue weighted by Gasteiger charge is -2.15. The Hall–Kier alpha value is -0.330. The van der Waals surface area contributed by atoms with E-state index in [9.17, 15) is 13.2 Å². The van der Waals surface area contributed by atoms with E-state index in [2.05, 4.69) is 5.32 Å². The Labute approximate surface area is 81.2 Å². The van der Waals surface area contributed by atoms with E-state index in [4.69, 9.17) is 9.84 Å². The number of alkyl halides is 3. The number of aliphatic hydroxyl groups excluding tert-OH is 1. The van der Waals surface area contributed by atoms with Crippen LogP contribution in [0.3, 0.4) is 0 Å². The second-order valence-electron chi connectivity index (χ2n) is 3.01. The molecule has 2 N–H and O–H groups in total. The second kappa shape index (κ2) is 7.03. The van der Waals surface area contributed by atoms with Gasteiger partial charge in [0.1, 0.15) is 0 Å². The Morgan fingerprint density at radius 3 is 2.50 bits per heavy atom. The maximum absolute atomic E-state index is 11.8. The van der Waals surface area contributed by atoms with Gasteiger partial charge in [0.15, 0.2) is 0 Å². The van der Waals surface area contributed by atoms with Crippen LogP contribution in [0.5, 0.6) is 0 Å². The van der Waals surface area contributed by atoms with E-state index in [1.54, 1.807) is 0 Å². The molecular weight excluding hydrogens is 199 g/mol. The molecule has 1 atom stereocenters. The first-order valence-corrected chi connectivity index (χ1v) is 4.44. The lowest BCUT2D eigenvalue weighted by molar-refractivity contribution is -0.139. The monoisotopic (exact) mass is 215 g/mol. The third kappa shape index (κ3) is 9.76. The van der Waals surface area contributed by atoms with Crippen LogP contribution in [-0.2, 0) is 4.74 Å². The number of nitrogens with one attached hydrogen (secondary N) is 1.